The number of carbonyl (C=O) groups excluding carboxylic acids is 1. The van der Waals surface area contributed by atoms with Crippen molar-refractivity contribution in [2.75, 3.05) is 5.73 Å². The normalized spacial score (nSPS) is 10.4. The van der Waals surface area contributed by atoms with Crippen LogP contribution in [0.2, 0.25) is 0 Å². The molecule has 110 valence electrons. The van der Waals surface area contributed by atoms with Gasteiger partial charge in [-0.05, 0) is 36.1 Å². The van der Waals surface area contributed by atoms with Crippen molar-refractivity contribution in [1.82, 2.24) is 10.3 Å². The van der Waals surface area contributed by atoms with Gasteiger partial charge in [0.1, 0.15) is 5.82 Å². The zero-order valence-corrected chi connectivity index (χ0v) is 12.5. The summed E-state index contributed by atoms with van der Waals surface area (Å²) < 4.78 is 0. The van der Waals surface area contributed by atoms with Crippen LogP contribution >= 0.6 is 0 Å². The van der Waals surface area contributed by atoms with E-state index >= 15 is 0 Å². The molecule has 1 aromatic heterocycles. The zero-order valence-electron chi connectivity index (χ0n) is 12.5. The van der Waals surface area contributed by atoms with Gasteiger partial charge in [0, 0.05) is 17.8 Å². The summed E-state index contributed by atoms with van der Waals surface area (Å²) in [6, 6.07) is 11.5. The summed E-state index contributed by atoms with van der Waals surface area (Å²) in [6.07, 6.45) is 1.71. The smallest absolute Gasteiger partial charge is 0.251 e. The van der Waals surface area contributed by atoms with Crippen molar-refractivity contribution in [3.63, 3.8) is 0 Å². The summed E-state index contributed by atoms with van der Waals surface area (Å²) >= 11 is 0. The second kappa shape index (κ2) is 6.88. The van der Waals surface area contributed by atoms with Crippen molar-refractivity contribution in [2.45, 2.75) is 33.2 Å². The Kier molecular flexibility index (Phi) is 4.93. The fourth-order valence-corrected chi connectivity index (χ4v) is 2.28. The number of anilines is 1. The molecule has 0 aliphatic heterocycles. The number of nitrogen functional groups attached to an aromatic ring is 1. The molecule has 0 saturated heterocycles. The van der Waals surface area contributed by atoms with Gasteiger partial charge in [-0.15, -0.1) is 0 Å². The van der Waals surface area contributed by atoms with E-state index in [0.717, 1.165) is 24.1 Å². The quantitative estimate of drug-likeness (QED) is 0.886. The molecule has 0 aliphatic carbocycles. The van der Waals surface area contributed by atoms with Gasteiger partial charge in [-0.3, -0.25) is 4.79 Å². The maximum Gasteiger partial charge on any atom is 0.251 e. The fraction of sp³-hybridized carbons (Fsp3) is 0.294. The van der Waals surface area contributed by atoms with Gasteiger partial charge in [0.2, 0.25) is 0 Å². The van der Waals surface area contributed by atoms with Crippen molar-refractivity contribution in [2.24, 2.45) is 0 Å². The monoisotopic (exact) mass is 283 g/mol. The first-order valence-corrected chi connectivity index (χ1v) is 7.25. The van der Waals surface area contributed by atoms with Crippen molar-refractivity contribution < 1.29 is 4.79 Å². The van der Waals surface area contributed by atoms with E-state index in [9.17, 15) is 4.79 Å². The zero-order chi connectivity index (χ0) is 15.2. The van der Waals surface area contributed by atoms with Crippen molar-refractivity contribution in [3.05, 3.63) is 58.8 Å². The SMILES string of the molecule is CCc1cc(C(=O)NCc2ccccc2CC)cc(N)n1. The summed E-state index contributed by atoms with van der Waals surface area (Å²) in [5.74, 6) is 0.262. The summed E-state index contributed by atoms with van der Waals surface area (Å²) in [7, 11) is 0. The molecule has 3 N–H and O–H groups in total. The molecule has 0 spiro atoms. The van der Waals surface area contributed by atoms with Crippen LogP contribution in [0.15, 0.2) is 36.4 Å². The van der Waals surface area contributed by atoms with Crippen LogP contribution in [0.4, 0.5) is 5.82 Å². The second-order valence-corrected chi connectivity index (χ2v) is 4.93. The first-order chi connectivity index (χ1) is 10.1. The molecule has 0 unspecified atom stereocenters. The first kappa shape index (κ1) is 15.0. The lowest BCUT2D eigenvalue weighted by Crippen LogP contribution is -2.23. The van der Waals surface area contributed by atoms with Crippen molar-refractivity contribution in [1.29, 1.82) is 0 Å². The molecular weight excluding hydrogens is 262 g/mol. The minimum Gasteiger partial charge on any atom is -0.384 e. The summed E-state index contributed by atoms with van der Waals surface area (Å²) in [4.78, 5) is 16.4. The van der Waals surface area contributed by atoms with Crippen LogP contribution in [0, 0.1) is 0 Å². The van der Waals surface area contributed by atoms with Gasteiger partial charge < -0.3 is 11.1 Å². The lowest BCUT2D eigenvalue weighted by molar-refractivity contribution is 0.0950. The molecule has 0 saturated carbocycles. The number of nitrogens with two attached hydrogens (primary N) is 1. The fourth-order valence-electron chi connectivity index (χ4n) is 2.28. The van der Waals surface area contributed by atoms with E-state index in [1.54, 1.807) is 12.1 Å². The van der Waals surface area contributed by atoms with Crippen molar-refractivity contribution in [3.8, 4) is 0 Å². The Bertz CT molecular complexity index is 638. The van der Waals surface area contributed by atoms with Crippen LogP contribution in [0.25, 0.3) is 0 Å². The number of carbonyl (C=O) groups is 1. The third-order valence-electron chi connectivity index (χ3n) is 3.46. The number of rotatable bonds is 5. The predicted octanol–water partition coefficient (Wildman–Crippen LogP) is 2.72. The van der Waals surface area contributed by atoms with Crippen LogP contribution in [-0.2, 0) is 19.4 Å². The van der Waals surface area contributed by atoms with E-state index in [1.165, 1.54) is 5.56 Å². The Morgan fingerprint density at radius 1 is 1.14 bits per heavy atom. The largest absolute Gasteiger partial charge is 0.384 e. The highest BCUT2D eigenvalue weighted by Gasteiger charge is 2.09. The Balaban J connectivity index is 2.10. The molecule has 1 heterocycles. The number of hydrogen-bond donors (Lipinski definition) is 2. The van der Waals surface area contributed by atoms with Gasteiger partial charge in [0.05, 0.1) is 0 Å². The minimum absolute atomic E-state index is 0.121. The molecule has 21 heavy (non-hydrogen) atoms. The number of aryl methyl sites for hydroxylation is 2. The Hall–Kier alpha value is -2.36. The Morgan fingerprint density at radius 3 is 2.52 bits per heavy atom. The number of benzene rings is 1. The third-order valence-corrected chi connectivity index (χ3v) is 3.46. The lowest BCUT2D eigenvalue weighted by Gasteiger charge is -2.10. The summed E-state index contributed by atoms with van der Waals surface area (Å²) in [5, 5.41) is 2.95. The molecule has 0 aliphatic rings. The molecular formula is C17H21N3O. The van der Waals surface area contributed by atoms with Crippen LogP contribution in [0.1, 0.15) is 41.0 Å². The molecule has 4 nitrogen and oxygen atoms in total. The van der Waals surface area contributed by atoms with E-state index in [1.807, 2.05) is 25.1 Å². The average Bonchev–Trinajstić information content (AvgIpc) is 2.52. The van der Waals surface area contributed by atoms with E-state index in [0.29, 0.717) is 17.9 Å². The highest BCUT2D eigenvalue weighted by Crippen LogP contribution is 2.11. The maximum absolute atomic E-state index is 12.2. The third kappa shape index (κ3) is 3.81. The van der Waals surface area contributed by atoms with E-state index in [2.05, 4.69) is 23.3 Å². The van der Waals surface area contributed by atoms with Gasteiger partial charge in [0.25, 0.3) is 5.91 Å². The first-order valence-electron chi connectivity index (χ1n) is 7.25. The molecule has 0 fully saturated rings. The minimum atomic E-state index is -0.121. The van der Waals surface area contributed by atoms with Crippen LogP contribution < -0.4 is 11.1 Å². The van der Waals surface area contributed by atoms with Gasteiger partial charge in [-0.2, -0.15) is 0 Å². The number of nitrogens with one attached hydrogen (secondary N) is 1. The molecule has 0 atom stereocenters. The summed E-state index contributed by atoms with van der Waals surface area (Å²) in [5.41, 5.74) is 9.52. The number of amides is 1. The molecule has 1 aromatic carbocycles. The highest BCUT2D eigenvalue weighted by molar-refractivity contribution is 5.94. The number of nitrogens with zero attached hydrogens (tertiary/aromatic N) is 1. The number of pyridine rings is 1. The molecule has 2 rings (SSSR count). The predicted molar refractivity (Wildman–Crippen MR) is 85.0 cm³/mol. The van der Waals surface area contributed by atoms with Crippen LogP contribution in [-0.4, -0.2) is 10.9 Å². The highest BCUT2D eigenvalue weighted by atomic mass is 16.1. The van der Waals surface area contributed by atoms with E-state index < -0.39 is 0 Å². The molecule has 4 heteroatoms. The standard InChI is InChI=1S/C17H21N3O/c1-3-12-7-5-6-8-13(12)11-19-17(21)14-9-15(4-2)20-16(18)10-14/h5-10H,3-4,11H2,1-2H3,(H2,18,20)(H,19,21). The van der Waals surface area contributed by atoms with E-state index in [-0.39, 0.29) is 5.91 Å². The van der Waals surface area contributed by atoms with Gasteiger partial charge in [-0.25, -0.2) is 4.98 Å². The van der Waals surface area contributed by atoms with Crippen molar-refractivity contribution >= 4 is 11.7 Å². The molecule has 1 amide bonds. The Morgan fingerprint density at radius 2 is 1.86 bits per heavy atom. The molecule has 2 aromatic rings. The summed E-state index contributed by atoms with van der Waals surface area (Å²) in [6.45, 7) is 4.62. The van der Waals surface area contributed by atoms with Crippen LogP contribution in [0.5, 0.6) is 0 Å². The maximum atomic E-state index is 12.2. The van der Waals surface area contributed by atoms with Gasteiger partial charge >= 0.3 is 0 Å². The van der Waals surface area contributed by atoms with E-state index in [4.69, 9.17) is 5.73 Å². The Labute approximate surface area is 125 Å². The number of hydrogen-bond acceptors (Lipinski definition) is 3. The van der Waals surface area contributed by atoms with Gasteiger partial charge in [-0.1, -0.05) is 38.1 Å². The molecule has 0 radical (unpaired) electrons. The number of aromatic nitrogens is 1. The van der Waals surface area contributed by atoms with Crippen LogP contribution in [0.3, 0.4) is 0 Å². The lowest BCUT2D eigenvalue weighted by atomic mass is 10.1. The second-order valence-electron chi connectivity index (χ2n) is 4.93. The average molecular weight is 283 g/mol. The van der Waals surface area contributed by atoms with Gasteiger partial charge in [0.15, 0.2) is 0 Å². The topological polar surface area (TPSA) is 68.0 Å². The molecule has 0 bridgehead atoms.